The Morgan fingerprint density at radius 2 is 2.14 bits per heavy atom. The van der Waals surface area contributed by atoms with Crippen LogP contribution in [-0.2, 0) is 6.54 Å². The molecule has 3 aromatic rings. The molecular formula is C13H12N6O2. The maximum atomic E-state index is 5.57. The van der Waals surface area contributed by atoms with Crippen molar-refractivity contribution in [2.75, 3.05) is 7.11 Å². The Balaban J connectivity index is 1.95. The lowest BCUT2D eigenvalue weighted by molar-refractivity contribution is 0.397. The normalized spacial score (nSPS) is 10.6. The van der Waals surface area contributed by atoms with Crippen molar-refractivity contribution in [2.45, 2.75) is 6.54 Å². The van der Waals surface area contributed by atoms with Gasteiger partial charge in [0.15, 0.2) is 0 Å². The Morgan fingerprint density at radius 1 is 1.24 bits per heavy atom. The molecule has 8 nitrogen and oxygen atoms in total. The van der Waals surface area contributed by atoms with Gasteiger partial charge in [-0.15, -0.1) is 0 Å². The lowest BCUT2D eigenvalue weighted by atomic mass is 10.2. The number of hydrogen-bond acceptors (Lipinski definition) is 8. The molecule has 0 spiro atoms. The summed E-state index contributed by atoms with van der Waals surface area (Å²) < 4.78 is 10.3. The number of rotatable bonds is 4. The van der Waals surface area contributed by atoms with Crippen LogP contribution in [0.2, 0.25) is 0 Å². The summed E-state index contributed by atoms with van der Waals surface area (Å²) in [6.07, 6.45) is 3.03. The number of nitrogens with two attached hydrogens (primary N) is 1. The predicted octanol–water partition coefficient (Wildman–Crippen LogP) is 1.06. The molecule has 0 radical (unpaired) electrons. The lowest BCUT2D eigenvalue weighted by Crippen LogP contribution is -1.99. The molecule has 21 heavy (non-hydrogen) atoms. The van der Waals surface area contributed by atoms with E-state index in [0.717, 1.165) is 11.3 Å². The molecule has 106 valence electrons. The summed E-state index contributed by atoms with van der Waals surface area (Å²) in [7, 11) is 1.53. The molecule has 8 heteroatoms. The van der Waals surface area contributed by atoms with Crippen LogP contribution in [0.4, 0.5) is 0 Å². The first-order chi connectivity index (χ1) is 10.3. The van der Waals surface area contributed by atoms with Crippen molar-refractivity contribution in [3.8, 4) is 28.9 Å². The SMILES string of the molecule is COc1cc(-c2noc(-c3ccnc(CN)c3)n2)ncn1. The summed E-state index contributed by atoms with van der Waals surface area (Å²) in [4.78, 5) is 16.4. The summed E-state index contributed by atoms with van der Waals surface area (Å²) in [5.41, 5.74) is 7.58. The van der Waals surface area contributed by atoms with Crippen LogP contribution in [0, 0.1) is 0 Å². The summed E-state index contributed by atoms with van der Waals surface area (Å²) >= 11 is 0. The highest BCUT2D eigenvalue weighted by Gasteiger charge is 2.13. The molecule has 0 fully saturated rings. The van der Waals surface area contributed by atoms with Gasteiger partial charge in [-0.2, -0.15) is 4.98 Å². The van der Waals surface area contributed by atoms with Gasteiger partial charge in [-0.05, 0) is 12.1 Å². The van der Waals surface area contributed by atoms with E-state index >= 15 is 0 Å². The molecule has 0 saturated carbocycles. The molecule has 0 aromatic carbocycles. The first kappa shape index (κ1) is 13.1. The number of pyridine rings is 1. The second-order valence-corrected chi connectivity index (χ2v) is 4.11. The summed E-state index contributed by atoms with van der Waals surface area (Å²) in [5.74, 6) is 1.16. The van der Waals surface area contributed by atoms with E-state index in [1.54, 1.807) is 24.4 Å². The van der Waals surface area contributed by atoms with Gasteiger partial charge in [0.1, 0.15) is 12.0 Å². The van der Waals surface area contributed by atoms with E-state index in [-0.39, 0.29) is 0 Å². The minimum Gasteiger partial charge on any atom is -0.481 e. The highest BCUT2D eigenvalue weighted by molar-refractivity contribution is 5.57. The van der Waals surface area contributed by atoms with Crippen LogP contribution in [0.25, 0.3) is 23.0 Å². The molecule has 0 aliphatic carbocycles. The second-order valence-electron chi connectivity index (χ2n) is 4.11. The van der Waals surface area contributed by atoms with Crippen molar-refractivity contribution in [2.24, 2.45) is 5.73 Å². The van der Waals surface area contributed by atoms with Gasteiger partial charge in [-0.25, -0.2) is 9.97 Å². The third kappa shape index (κ3) is 2.70. The Morgan fingerprint density at radius 3 is 2.95 bits per heavy atom. The van der Waals surface area contributed by atoms with Gasteiger partial charge >= 0.3 is 0 Å². The zero-order valence-corrected chi connectivity index (χ0v) is 11.2. The van der Waals surface area contributed by atoms with E-state index in [4.69, 9.17) is 15.0 Å². The topological polar surface area (TPSA) is 113 Å². The van der Waals surface area contributed by atoms with E-state index in [9.17, 15) is 0 Å². The lowest BCUT2D eigenvalue weighted by Gasteiger charge is -1.98. The molecule has 2 N–H and O–H groups in total. The molecule has 0 atom stereocenters. The first-order valence-corrected chi connectivity index (χ1v) is 6.15. The minimum atomic E-state index is 0.345. The molecule has 3 rings (SSSR count). The van der Waals surface area contributed by atoms with E-state index in [0.29, 0.717) is 29.8 Å². The first-order valence-electron chi connectivity index (χ1n) is 6.15. The molecule has 0 bridgehead atoms. The third-order valence-corrected chi connectivity index (χ3v) is 2.78. The van der Waals surface area contributed by atoms with Gasteiger partial charge in [-0.3, -0.25) is 4.98 Å². The van der Waals surface area contributed by atoms with Crippen LogP contribution in [-0.4, -0.2) is 32.2 Å². The number of aromatic nitrogens is 5. The highest BCUT2D eigenvalue weighted by Crippen LogP contribution is 2.22. The van der Waals surface area contributed by atoms with Crippen molar-refractivity contribution in [1.82, 2.24) is 25.1 Å². The van der Waals surface area contributed by atoms with Crippen molar-refractivity contribution < 1.29 is 9.26 Å². The molecular weight excluding hydrogens is 272 g/mol. The van der Waals surface area contributed by atoms with Gasteiger partial charge < -0.3 is 15.0 Å². The third-order valence-electron chi connectivity index (χ3n) is 2.78. The standard InChI is InChI=1S/C13H12N6O2/c1-20-11-5-10(16-7-17-11)12-18-13(21-19-12)8-2-3-15-9(4-8)6-14/h2-5,7H,6,14H2,1H3. The maximum Gasteiger partial charge on any atom is 0.258 e. The van der Waals surface area contributed by atoms with E-state index in [2.05, 4.69) is 25.1 Å². The van der Waals surface area contributed by atoms with Crippen molar-refractivity contribution in [3.05, 3.63) is 36.4 Å². The van der Waals surface area contributed by atoms with Crippen LogP contribution >= 0.6 is 0 Å². The highest BCUT2D eigenvalue weighted by atomic mass is 16.5. The van der Waals surface area contributed by atoms with Gasteiger partial charge in [0.2, 0.25) is 11.7 Å². The predicted molar refractivity (Wildman–Crippen MR) is 73.0 cm³/mol. The van der Waals surface area contributed by atoms with Gasteiger partial charge in [0, 0.05) is 24.4 Å². The fraction of sp³-hybridized carbons (Fsp3) is 0.154. The van der Waals surface area contributed by atoms with Crippen molar-refractivity contribution in [1.29, 1.82) is 0 Å². The van der Waals surface area contributed by atoms with Crippen LogP contribution in [0.3, 0.4) is 0 Å². The fourth-order valence-electron chi connectivity index (χ4n) is 1.74. The summed E-state index contributed by atoms with van der Waals surface area (Å²) in [6.45, 7) is 0.345. The molecule has 0 saturated heterocycles. The Kier molecular flexibility index (Phi) is 3.52. The smallest absolute Gasteiger partial charge is 0.258 e. The number of hydrogen-bond donors (Lipinski definition) is 1. The van der Waals surface area contributed by atoms with Crippen molar-refractivity contribution >= 4 is 0 Å². The molecule has 3 aromatic heterocycles. The van der Waals surface area contributed by atoms with Gasteiger partial charge in [-0.1, -0.05) is 5.16 Å². The Hall–Kier alpha value is -2.87. The second kappa shape index (κ2) is 5.63. The molecule has 0 unspecified atom stereocenters. The van der Waals surface area contributed by atoms with Crippen LogP contribution in [0.15, 0.2) is 35.2 Å². The van der Waals surface area contributed by atoms with Crippen LogP contribution < -0.4 is 10.5 Å². The Labute approximate surface area is 120 Å². The van der Waals surface area contributed by atoms with E-state index < -0.39 is 0 Å². The molecule has 0 aliphatic rings. The maximum absolute atomic E-state index is 5.57. The molecule has 3 heterocycles. The largest absolute Gasteiger partial charge is 0.481 e. The van der Waals surface area contributed by atoms with E-state index in [1.165, 1.54) is 13.4 Å². The van der Waals surface area contributed by atoms with Crippen LogP contribution in [0.1, 0.15) is 5.69 Å². The fourth-order valence-corrected chi connectivity index (χ4v) is 1.74. The average Bonchev–Trinajstić information content (AvgIpc) is 3.05. The Bertz CT molecular complexity index is 696. The van der Waals surface area contributed by atoms with Gasteiger partial charge in [0.05, 0.1) is 12.8 Å². The zero-order chi connectivity index (χ0) is 14.7. The molecule has 0 aliphatic heterocycles. The van der Waals surface area contributed by atoms with Crippen LogP contribution in [0.5, 0.6) is 5.88 Å². The minimum absolute atomic E-state index is 0.345. The summed E-state index contributed by atoms with van der Waals surface area (Å²) in [5, 5.41) is 3.91. The zero-order valence-electron chi connectivity index (χ0n) is 11.2. The summed E-state index contributed by atoms with van der Waals surface area (Å²) in [6, 6.07) is 5.21. The number of ether oxygens (including phenoxy) is 1. The monoisotopic (exact) mass is 284 g/mol. The molecule has 0 amide bonds. The number of nitrogens with zero attached hydrogens (tertiary/aromatic N) is 5. The van der Waals surface area contributed by atoms with Crippen molar-refractivity contribution in [3.63, 3.8) is 0 Å². The number of methoxy groups -OCH3 is 1. The average molecular weight is 284 g/mol. The quantitative estimate of drug-likeness (QED) is 0.756. The van der Waals surface area contributed by atoms with E-state index in [1.807, 2.05) is 0 Å². The van der Waals surface area contributed by atoms with Gasteiger partial charge in [0.25, 0.3) is 5.89 Å².